The number of nitrogens with zero attached hydrogens (tertiary/aromatic N) is 4. The first kappa shape index (κ1) is 26.7. The number of anilines is 2. The van der Waals surface area contributed by atoms with Crippen LogP contribution in [0.2, 0.25) is 0 Å². The smallest absolute Gasteiger partial charge is 0.225 e. The summed E-state index contributed by atoms with van der Waals surface area (Å²) < 4.78 is 21.2. The normalized spacial score (nSPS) is 20.2. The van der Waals surface area contributed by atoms with Crippen LogP contribution < -0.4 is 15.9 Å². The van der Waals surface area contributed by atoms with Crippen LogP contribution >= 0.6 is 20.6 Å². The van der Waals surface area contributed by atoms with Crippen molar-refractivity contribution in [3.05, 3.63) is 50.5 Å². The number of ether oxygens (including phenoxy) is 1. The molecule has 5 rings (SSSR count). The zero-order valence-electron chi connectivity index (χ0n) is 21.9. The molecule has 0 spiro atoms. The number of thiophene rings is 1. The molecular weight excluding hydrogens is 520 g/mol. The van der Waals surface area contributed by atoms with Crippen LogP contribution in [0.3, 0.4) is 0 Å². The lowest BCUT2D eigenvalue weighted by atomic mass is 9.85. The molecule has 0 radical (unpaired) electrons. The van der Waals surface area contributed by atoms with Gasteiger partial charge >= 0.3 is 0 Å². The Balaban J connectivity index is 1.83. The van der Waals surface area contributed by atoms with E-state index in [2.05, 4.69) is 20.3 Å². The number of fused-ring (bicyclic) bond motifs is 3. The second-order valence-corrected chi connectivity index (χ2v) is 11.6. The van der Waals surface area contributed by atoms with E-state index in [1.54, 1.807) is 6.92 Å². The summed E-state index contributed by atoms with van der Waals surface area (Å²) in [5.74, 6) is 0.277. The maximum absolute atomic E-state index is 15.2. The van der Waals surface area contributed by atoms with E-state index in [1.165, 1.54) is 6.08 Å². The van der Waals surface area contributed by atoms with Crippen molar-refractivity contribution in [3.63, 3.8) is 0 Å². The summed E-state index contributed by atoms with van der Waals surface area (Å²) in [6.07, 6.45) is 3.50. The number of hydrogen-bond donors (Lipinski definition) is 2. The van der Waals surface area contributed by atoms with Gasteiger partial charge in [-0.25, -0.2) is 14.4 Å². The topological polar surface area (TPSA) is 108 Å². The fourth-order valence-corrected chi connectivity index (χ4v) is 6.88. The van der Waals surface area contributed by atoms with Gasteiger partial charge in [-0.3, -0.25) is 0 Å². The van der Waals surface area contributed by atoms with Gasteiger partial charge in [0.25, 0.3) is 0 Å². The molecule has 4 heterocycles. The predicted octanol–water partition coefficient (Wildman–Crippen LogP) is 5.05. The molecule has 0 aliphatic carbocycles. The molecule has 0 saturated carbocycles. The van der Waals surface area contributed by atoms with Gasteiger partial charge in [-0.2, -0.15) is 5.26 Å². The molecule has 7 nitrogen and oxygen atoms in total. The van der Waals surface area contributed by atoms with E-state index in [9.17, 15) is 10.4 Å². The molecular formula is C28H31FN5O2PS. The van der Waals surface area contributed by atoms with Crippen LogP contribution in [0.1, 0.15) is 66.8 Å². The molecule has 1 fully saturated rings. The van der Waals surface area contributed by atoms with Gasteiger partial charge in [0.15, 0.2) is 0 Å². The number of nitrogens with two attached hydrogens (primary N) is 1. The van der Waals surface area contributed by atoms with E-state index >= 15 is 4.39 Å². The molecule has 0 amide bonds. The van der Waals surface area contributed by atoms with Crippen molar-refractivity contribution in [1.82, 2.24) is 9.97 Å². The molecule has 3 unspecified atom stereocenters. The average Bonchev–Trinajstić information content (AvgIpc) is 3.62. The minimum Gasteiger partial charge on any atom is -0.391 e. The summed E-state index contributed by atoms with van der Waals surface area (Å²) in [5, 5.41) is 22.4. The molecule has 3 aromatic rings. The lowest BCUT2D eigenvalue weighted by molar-refractivity contribution is 0.135. The van der Waals surface area contributed by atoms with Gasteiger partial charge in [-0.15, -0.1) is 20.6 Å². The summed E-state index contributed by atoms with van der Waals surface area (Å²) in [6, 6.07) is 2.23. The highest BCUT2D eigenvalue weighted by Gasteiger charge is 2.33. The Bertz CT molecular complexity index is 1550. The fraction of sp³-hybridized carbons (Fsp3) is 0.393. The Morgan fingerprint density at radius 3 is 2.74 bits per heavy atom. The van der Waals surface area contributed by atoms with Crippen molar-refractivity contribution < 1.29 is 14.2 Å². The summed E-state index contributed by atoms with van der Waals surface area (Å²) in [6.45, 7) is 9.66. The number of aromatic nitrogens is 2. The standard InChI is InChI=1S/C28H31FN5O2PS/c1-5-13(3)21(23-15(7-30)27(31)38-26(23)19(29)6-2)22-18-12-36-11-17(18)16-8-32-28(33-24(16)25(22)37)34-9-14(4)20(35)10-34/h6,8,14,20,35H,5,9-12,31,37H2,1-4H3/b19-6+,21-13+. The van der Waals surface area contributed by atoms with Crippen molar-refractivity contribution >= 4 is 59.1 Å². The first-order valence-corrected chi connectivity index (χ1v) is 14.1. The lowest BCUT2D eigenvalue weighted by Crippen LogP contribution is -2.24. The molecule has 2 aliphatic heterocycles. The van der Waals surface area contributed by atoms with E-state index < -0.39 is 11.9 Å². The van der Waals surface area contributed by atoms with Crippen LogP contribution in [0, 0.1) is 17.2 Å². The second kappa shape index (κ2) is 10.3. The molecule has 3 N–H and O–H groups in total. The number of nitrogen functional groups attached to an aromatic ring is 1. The number of benzene rings is 1. The maximum Gasteiger partial charge on any atom is 0.225 e. The molecule has 10 heteroatoms. The largest absolute Gasteiger partial charge is 0.391 e. The molecule has 0 bridgehead atoms. The Kier molecular flexibility index (Phi) is 7.27. The number of rotatable bonds is 5. The fourth-order valence-electron chi connectivity index (χ4n) is 5.35. The first-order valence-electron chi connectivity index (χ1n) is 12.7. The third-order valence-electron chi connectivity index (χ3n) is 7.61. The van der Waals surface area contributed by atoms with Crippen LogP contribution in [0.25, 0.3) is 22.3 Å². The Hall–Kier alpha value is -2.89. The number of hydrogen-bond acceptors (Lipinski definition) is 8. The Morgan fingerprint density at radius 2 is 2.11 bits per heavy atom. The SMILES string of the molecule is C/C=C(/F)c1sc(N)c(C#N)c1/C(=C(\C)CC)c1c2c(c3cnc(N4CC(C)C(O)C4)nc3c1P)COC2. The second-order valence-electron chi connectivity index (χ2n) is 9.92. The third-order valence-corrected chi connectivity index (χ3v) is 9.20. The highest BCUT2D eigenvalue weighted by atomic mass is 32.1. The Labute approximate surface area is 228 Å². The molecule has 3 atom stereocenters. The quantitative estimate of drug-likeness (QED) is 0.427. The summed E-state index contributed by atoms with van der Waals surface area (Å²) in [7, 11) is 2.84. The monoisotopic (exact) mass is 551 g/mol. The van der Waals surface area contributed by atoms with E-state index in [0.29, 0.717) is 54.1 Å². The maximum atomic E-state index is 15.2. The first-order chi connectivity index (χ1) is 18.2. The number of nitriles is 1. The van der Waals surface area contributed by atoms with E-state index in [-0.39, 0.29) is 11.5 Å². The molecule has 38 heavy (non-hydrogen) atoms. The molecule has 2 aliphatic rings. The number of aliphatic hydroxyl groups is 1. The van der Waals surface area contributed by atoms with Crippen molar-refractivity contribution in [2.45, 2.75) is 53.4 Å². The van der Waals surface area contributed by atoms with Crippen LogP contribution in [0.4, 0.5) is 15.3 Å². The number of halogens is 1. The van der Waals surface area contributed by atoms with Crippen molar-refractivity contribution in [3.8, 4) is 6.07 Å². The zero-order chi connectivity index (χ0) is 27.3. The Morgan fingerprint density at radius 1 is 1.37 bits per heavy atom. The average molecular weight is 552 g/mol. The lowest BCUT2D eigenvalue weighted by Gasteiger charge is -2.22. The molecule has 2 aromatic heterocycles. The minimum atomic E-state index is -0.427. The minimum absolute atomic E-state index is 0.129. The third kappa shape index (κ3) is 4.20. The van der Waals surface area contributed by atoms with Crippen molar-refractivity contribution in [2.24, 2.45) is 5.92 Å². The zero-order valence-corrected chi connectivity index (χ0v) is 23.9. The van der Waals surface area contributed by atoms with Gasteiger partial charge in [-0.05, 0) is 42.5 Å². The van der Waals surface area contributed by atoms with E-state index in [1.807, 2.05) is 31.9 Å². The molecule has 1 saturated heterocycles. The van der Waals surface area contributed by atoms with Crippen LogP contribution in [-0.4, -0.2) is 34.3 Å². The van der Waals surface area contributed by atoms with E-state index in [4.69, 9.17) is 15.5 Å². The number of aliphatic hydroxyl groups excluding tert-OH is 1. The van der Waals surface area contributed by atoms with Gasteiger partial charge in [0, 0.05) is 41.5 Å². The predicted molar refractivity (Wildman–Crippen MR) is 155 cm³/mol. The van der Waals surface area contributed by atoms with Gasteiger partial charge in [0.2, 0.25) is 5.95 Å². The van der Waals surface area contributed by atoms with Crippen LogP contribution in [-0.2, 0) is 18.0 Å². The molecule has 198 valence electrons. The highest BCUT2D eigenvalue weighted by molar-refractivity contribution is 7.28. The summed E-state index contributed by atoms with van der Waals surface area (Å²) >= 11 is 1.10. The van der Waals surface area contributed by atoms with Gasteiger partial charge in [0.05, 0.1) is 35.3 Å². The van der Waals surface area contributed by atoms with Crippen LogP contribution in [0.5, 0.6) is 0 Å². The highest BCUT2D eigenvalue weighted by Crippen LogP contribution is 2.46. The number of allylic oxidation sites excluding steroid dienone is 2. The van der Waals surface area contributed by atoms with Gasteiger partial charge in [-0.1, -0.05) is 25.5 Å². The summed E-state index contributed by atoms with van der Waals surface area (Å²) in [5.41, 5.74) is 12.5. The van der Waals surface area contributed by atoms with E-state index in [0.717, 1.165) is 55.4 Å². The van der Waals surface area contributed by atoms with Gasteiger partial charge in [0.1, 0.15) is 16.9 Å². The number of β-amino-alcohol motifs (C(OH)–C–C–N with tert-alkyl or cyclic N) is 1. The molecule has 1 aromatic carbocycles. The van der Waals surface area contributed by atoms with Crippen molar-refractivity contribution in [2.75, 3.05) is 23.7 Å². The summed E-state index contributed by atoms with van der Waals surface area (Å²) in [4.78, 5) is 12.0. The van der Waals surface area contributed by atoms with Crippen molar-refractivity contribution in [1.29, 1.82) is 5.26 Å². The van der Waals surface area contributed by atoms with Crippen LogP contribution in [0.15, 0.2) is 17.8 Å². The van der Waals surface area contributed by atoms with Gasteiger partial charge < -0.3 is 20.5 Å².